The molecule has 0 spiro atoms. The number of nitrogens with zero attached hydrogens (tertiary/aromatic N) is 3. The molecule has 8 nitrogen and oxygen atoms in total. The number of anilines is 2. The fourth-order valence-corrected chi connectivity index (χ4v) is 5.32. The molecule has 194 valence electrons. The fraction of sp³-hybridized carbons (Fsp3) is 0.200. The number of carbonyl (C=O) groups excluding carboxylic acids is 1. The molecular weight excluding hydrogens is 509 g/mol. The van der Waals surface area contributed by atoms with Gasteiger partial charge in [-0.15, -0.1) is 0 Å². The second kappa shape index (κ2) is 9.43. The number of aryl methyl sites for hydroxylation is 3. The van der Waals surface area contributed by atoms with Crippen molar-refractivity contribution in [1.29, 1.82) is 0 Å². The Morgan fingerprint density at radius 3 is 2.24 bits per heavy atom. The number of rotatable bonds is 6. The first-order valence-corrected chi connectivity index (χ1v) is 12.4. The second-order valence-corrected chi connectivity index (χ2v) is 10.4. The molecule has 0 aliphatic rings. The number of fused-ring (bicyclic) bond motifs is 1. The van der Waals surface area contributed by atoms with Crippen molar-refractivity contribution >= 4 is 38.3 Å². The molecule has 0 bridgehead atoms. The number of halogens is 3. The van der Waals surface area contributed by atoms with Crippen LogP contribution in [0.2, 0.25) is 0 Å². The third kappa shape index (κ3) is 5.10. The number of nitrogens with one attached hydrogen (secondary N) is 1. The molecule has 0 unspecified atom stereocenters. The van der Waals surface area contributed by atoms with Crippen molar-refractivity contribution in [3.05, 3.63) is 88.3 Å². The third-order valence-electron chi connectivity index (χ3n) is 5.91. The minimum Gasteiger partial charge on any atom is -0.324 e. The number of sulfonamides is 1. The predicted octanol–water partition coefficient (Wildman–Crippen LogP) is 4.04. The molecule has 1 N–H and O–H groups in total. The van der Waals surface area contributed by atoms with Crippen LogP contribution in [-0.4, -0.2) is 30.0 Å². The molecule has 0 aliphatic heterocycles. The van der Waals surface area contributed by atoms with E-state index >= 15 is 0 Å². The van der Waals surface area contributed by atoms with Crippen molar-refractivity contribution in [2.24, 2.45) is 14.1 Å². The maximum atomic E-state index is 13.5. The molecule has 1 amide bonds. The molecule has 1 aromatic heterocycles. The normalized spacial score (nSPS) is 12.1. The van der Waals surface area contributed by atoms with E-state index in [4.69, 9.17) is 0 Å². The van der Waals surface area contributed by atoms with Gasteiger partial charge in [0.15, 0.2) is 0 Å². The van der Waals surface area contributed by atoms with Gasteiger partial charge in [0.25, 0.3) is 10.0 Å². The molecule has 0 saturated carbocycles. The van der Waals surface area contributed by atoms with Crippen LogP contribution in [0.5, 0.6) is 0 Å². The van der Waals surface area contributed by atoms with Crippen molar-refractivity contribution in [3.8, 4) is 0 Å². The standard InChI is InChI=1S/C25H23F3N4O4S/c1-16-7-10-20(11-8-16)37(35,36)32(19-6-4-5-17(13-19)25(26,27)28)15-23(33)29-18-9-12-21-22(14-18)31(3)24(34)30(21)2/h4-14H,15H2,1-3H3,(H,29,33). The maximum absolute atomic E-state index is 13.5. The molecule has 37 heavy (non-hydrogen) atoms. The minimum absolute atomic E-state index is 0.177. The molecule has 4 rings (SSSR count). The van der Waals surface area contributed by atoms with Gasteiger partial charge in [-0.05, 0) is 55.5 Å². The maximum Gasteiger partial charge on any atom is 0.416 e. The summed E-state index contributed by atoms with van der Waals surface area (Å²) in [7, 11) is -1.24. The molecule has 0 fully saturated rings. The zero-order chi connectivity index (χ0) is 27.1. The Hall–Kier alpha value is -4.06. The van der Waals surface area contributed by atoms with Gasteiger partial charge >= 0.3 is 11.9 Å². The largest absolute Gasteiger partial charge is 0.416 e. The highest BCUT2D eigenvalue weighted by Crippen LogP contribution is 2.33. The Labute approximate surface area is 210 Å². The Balaban J connectivity index is 1.71. The van der Waals surface area contributed by atoms with Crippen LogP contribution in [0.25, 0.3) is 11.0 Å². The van der Waals surface area contributed by atoms with E-state index in [0.29, 0.717) is 21.4 Å². The van der Waals surface area contributed by atoms with Gasteiger partial charge in [0, 0.05) is 19.8 Å². The van der Waals surface area contributed by atoms with E-state index in [1.54, 1.807) is 51.4 Å². The van der Waals surface area contributed by atoms with E-state index in [1.165, 1.54) is 27.3 Å². The summed E-state index contributed by atoms with van der Waals surface area (Å²) in [5, 5.41) is 2.58. The van der Waals surface area contributed by atoms with Crippen LogP contribution < -0.4 is 15.3 Å². The molecule has 4 aromatic rings. The average Bonchev–Trinajstić information content (AvgIpc) is 3.06. The molecule has 0 atom stereocenters. The van der Waals surface area contributed by atoms with Crippen molar-refractivity contribution < 1.29 is 26.4 Å². The Morgan fingerprint density at radius 1 is 0.946 bits per heavy atom. The Bertz CT molecular complexity index is 1660. The average molecular weight is 533 g/mol. The first-order chi connectivity index (χ1) is 17.3. The van der Waals surface area contributed by atoms with Crippen LogP contribution in [0.15, 0.2) is 76.4 Å². The summed E-state index contributed by atoms with van der Waals surface area (Å²) in [6, 6.07) is 14.3. The highest BCUT2D eigenvalue weighted by atomic mass is 32.2. The number of hydrogen-bond donors (Lipinski definition) is 1. The van der Waals surface area contributed by atoms with Crippen LogP contribution in [0.4, 0.5) is 24.5 Å². The van der Waals surface area contributed by atoms with E-state index in [0.717, 1.165) is 17.7 Å². The number of aromatic nitrogens is 2. The number of benzene rings is 3. The lowest BCUT2D eigenvalue weighted by molar-refractivity contribution is -0.137. The van der Waals surface area contributed by atoms with Crippen molar-refractivity contribution in [1.82, 2.24) is 9.13 Å². The summed E-state index contributed by atoms with van der Waals surface area (Å²) >= 11 is 0. The van der Waals surface area contributed by atoms with E-state index < -0.39 is 34.2 Å². The number of carbonyl (C=O) groups is 1. The van der Waals surface area contributed by atoms with Gasteiger partial charge in [-0.1, -0.05) is 23.8 Å². The summed E-state index contributed by atoms with van der Waals surface area (Å²) < 4.78 is 70.5. The van der Waals surface area contributed by atoms with Crippen LogP contribution in [0.3, 0.4) is 0 Å². The smallest absolute Gasteiger partial charge is 0.324 e. The topological polar surface area (TPSA) is 93.4 Å². The van der Waals surface area contributed by atoms with Crippen molar-refractivity contribution in [3.63, 3.8) is 0 Å². The number of alkyl halides is 3. The van der Waals surface area contributed by atoms with E-state index in [1.807, 2.05) is 0 Å². The predicted molar refractivity (Wildman–Crippen MR) is 134 cm³/mol. The first-order valence-electron chi connectivity index (χ1n) is 11.0. The monoisotopic (exact) mass is 532 g/mol. The fourth-order valence-electron chi connectivity index (χ4n) is 3.91. The van der Waals surface area contributed by atoms with E-state index in [-0.39, 0.29) is 22.0 Å². The van der Waals surface area contributed by atoms with Crippen LogP contribution in [-0.2, 0) is 35.1 Å². The number of hydrogen-bond acceptors (Lipinski definition) is 4. The lowest BCUT2D eigenvalue weighted by atomic mass is 10.2. The summed E-state index contributed by atoms with van der Waals surface area (Å²) in [6.45, 7) is 0.969. The SMILES string of the molecule is Cc1ccc(S(=O)(=O)N(CC(=O)Nc2ccc3c(c2)n(C)c(=O)n3C)c2cccc(C(F)(F)F)c2)cc1. The highest BCUT2D eigenvalue weighted by Gasteiger charge is 2.33. The first kappa shape index (κ1) is 26.0. The highest BCUT2D eigenvalue weighted by molar-refractivity contribution is 7.92. The Morgan fingerprint density at radius 2 is 1.59 bits per heavy atom. The van der Waals surface area contributed by atoms with Crippen LogP contribution >= 0.6 is 0 Å². The molecule has 0 aliphatic carbocycles. The third-order valence-corrected chi connectivity index (χ3v) is 7.70. The molecule has 1 heterocycles. The van der Waals surface area contributed by atoms with Crippen molar-refractivity contribution in [2.75, 3.05) is 16.2 Å². The van der Waals surface area contributed by atoms with Crippen LogP contribution in [0.1, 0.15) is 11.1 Å². The van der Waals surface area contributed by atoms with Gasteiger partial charge in [-0.2, -0.15) is 13.2 Å². The van der Waals surface area contributed by atoms with Crippen LogP contribution in [0, 0.1) is 6.92 Å². The van der Waals surface area contributed by atoms with Gasteiger partial charge < -0.3 is 5.32 Å². The lowest BCUT2D eigenvalue weighted by Crippen LogP contribution is -2.38. The summed E-state index contributed by atoms with van der Waals surface area (Å²) in [5.74, 6) is -0.784. The van der Waals surface area contributed by atoms with Gasteiger partial charge in [0.2, 0.25) is 5.91 Å². The number of amides is 1. The van der Waals surface area contributed by atoms with E-state index in [9.17, 15) is 31.2 Å². The van der Waals surface area contributed by atoms with Gasteiger partial charge in [0.1, 0.15) is 6.54 Å². The van der Waals surface area contributed by atoms with E-state index in [2.05, 4.69) is 5.32 Å². The zero-order valence-corrected chi connectivity index (χ0v) is 20.9. The quantitative estimate of drug-likeness (QED) is 0.406. The molecule has 0 radical (unpaired) electrons. The second-order valence-electron chi connectivity index (χ2n) is 8.53. The van der Waals surface area contributed by atoms with Gasteiger partial charge in [0.05, 0.1) is 27.2 Å². The molecule has 3 aromatic carbocycles. The Kier molecular flexibility index (Phi) is 6.63. The van der Waals surface area contributed by atoms with Gasteiger partial charge in [-0.25, -0.2) is 13.2 Å². The molecule has 12 heteroatoms. The zero-order valence-electron chi connectivity index (χ0n) is 20.1. The summed E-state index contributed by atoms with van der Waals surface area (Å²) in [5.41, 5.74) is 0.601. The summed E-state index contributed by atoms with van der Waals surface area (Å²) in [4.78, 5) is 25.0. The minimum atomic E-state index is -4.71. The molecule has 0 saturated heterocycles. The molecular formula is C25H23F3N4O4S. The van der Waals surface area contributed by atoms with Gasteiger partial charge in [-0.3, -0.25) is 18.2 Å². The number of imidazole rings is 1. The van der Waals surface area contributed by atoms with Crippen molar-refractivity contribution in [2.45, 2.75) is 18.0 Å². The summed E-state index contributed by atoms with van der Waals surface area (Å²) in [6.07, 6.45) is -4.71. The lowest BCUT2D eigenvalue weighted by Gasteiger charge is -2.25.